The molecule has 0 radical (unpaired) electrons. The quantitative estimate of drug-likeness (QED) is 0.498. The van der Waals surface area contributed by atoms with Crippen LogP contribution in [0.3, 0.4) is 0 Å². The highest BCUT2D eigenvalue weighted by molar-refractivity contribution is 5.62. The summed E-state index contributed by atoms with van der Waals surface area (Å²) in [7, 11) is 0. The number of rotatable bonds is 6. The fourth-order valence-corrected chi connectivity index (χ4v) is 2.70. The van der Waals surface area contributed by atoms with E-state index in [4.69, 9.17) is 4.42 Å². The Morgan fingerprint density at radius 3 is 2.67 bits per heavy atom. The van der Waals surface area contributed by atoms with Crippen molar-refractivity contribution in [3.05, 3.63) is 58.2 Å². The fraction of sp³-hybridized carbons (Fsp3) is 0.312. The first-order chi connectivity index (χ1) is 12.6. The number of aliphatic hydroxyl groups is 1. The van der Waals surface area contributed by atoms with Crippen LogP contribution >= 0.6 is 0 Å². The van der Waals surface area contributed by atoms with Crippen LogP contribution in [-0.4, -0.2) is 32.1 Å². The Bertz CT molecular complexity index is 982. The second kappa shape index (κ2) is 6.58. The zero-order valence-electron chi connectivity index (χ0n) is 14.0. The van der Waals surface area contributed by atoms with Crippen molar-refractivity contribution < 1.29 is 27.6 Å². The van der Waals surface area contributed by atoms with Crippen molar-refractivity contribution >= 4 is 17.3 Å². The van der Waals surface area contributed by atoms with Crippen molar-refractivity contribution in [1.29, 1.82) is 0 Å². The zero-order chi connectivity index (χ0) is 19.8. The van der Waals surface area contributed by atoms with Gasteiger partial charge in [-0.1, -0.05) is 6.07 Å². The van der Waals surface area contributed by atoms with Gasteiger partial charge in [0, 0.05) is 19.0 Å². The summed E-state index contributed by atoms with van der Waals surface area (Å²) in [6, 6.07) is 7.07. The SMILES string of the molecule is Cc1ccc(C(O)(CCNc2nc3ccccn3c2[N+](=O)[O-])C(F)(F)F)o1. The molecular weight excluding hydrogens is 369 g/mol. The average Bonchev–Trinajstić information content (AvgIpc) is 3.17. The molecule has 3 aromatic heterocycles. The van der Waals surface area contributed by atoms with Gasteiger partial charge in [-0.25, -0.2) is 0 Å². The lowest BCUT2D eigenvalue weighted by Gasteiger charge is -2.28. The van der Waals surface area contributed by atoms with Crippen molar-refractivity contribution in [2.75, 3.05) is 11.9 Å². The van der Waals surface area contributed by atoms with E-state index in [9.17, 15) is 28.4 Å². The van der Waals surface area contributed by atoms with Crippen molar-refractivity contribution in [3.63, 3.8) is 0 Å². The van der Waals surface area contributed by atoms with Crippen LogP contribution in [0.15, 0.2) is 40.9 Å². The van der Waals surface area contributed by atoms with Crippen LogP contribution in [0.1, 0.15) is 17.9 Å². The van der Waals surface area contributed by atoms with Crippen molar-refractivity contribution in [3.8, 4) is 0 Å². The smallest absolute Gasteiger partial charge is 0.424 e. The van der Waals surface area contributed by atoms with Gasteiger partial charge in [0.05, 0.1) is 6.20 Å². The first kappa shape index (κ1) is 18.7. The number of fused-ring (bicyclic) bond motifs is 1. The van der Waals surface area contributed by atoms with Crippen LogP contribution in [0.4, 0.5) is 24.8 Å². The molecule has 0 saturated heterocycles. The minimum Gasteiger partial charge on any atom is -0.463 e. The molecule has 0 aromatic carbocycles. The monoisotopic (exact) mass is 384 g/mol. The molecule has 11 heteroatoms. The summed E-state index contributed by atoms with van der Waals surface area (Å²) in [6.45, 7) is 1.03. The molecule has 3 aromatic rings. The molecule has 0 aliphatic rings. The van der Waals surface area contributed by atoms with E-state index in [1.54, 1.807) is 12.1 Å². The van der Waals surface area contributed by atoms with Crippen molar-refractivity contribution in [2.45, 2.75) is 25.1 Å². The summed E-state index contributed by atoms with van der Waals surface area (Å²) in [5.74, 6) is -1.02. The van der Waals surface area contributed by atoms with Gasteiger partial charge in [0.15, 0.2) is 0 Å². The van der Waals surface area contributed by atoms with Crippen LogP contribution in [0.2, 0.25) is 0 Å². The minimum absolute atomic E-state index is 0.189. The molecule has 1 unspecified atom stereocenters. The Hall–Kier alpha value is -3.08. The van der Waals surface area contributed by atoms with Crippen LogP contribution in [-0.2, 0) is 5.60 Å². The number of aryl methyl sites for hydroxylation is 1. The number of imidazole rings is 1. The van der Waals surface area contributed by atoms with Gasteiger partial charge in [-0.05, 0) is 30.0 Å². The van der Waals surface area contributed by atoms with Crippen LogP contribution in [0.5, 0.6) is 0 Å². The molecule has 0 aliphatic heterocycles. The Morgan fingerprint density at radius 1 is 1.33 bits per heavy atom. The number of aromatic nitrogens is 2. The predicted octanol–water partition coefficient (Wildman–Crippen LogP) is 3.40. The van der Waals surface area contributed by atoms with Crippen molar-refractivity contribution in [2.24, 2.45) is 0 Å². The third-order valence-corrected chi connectivity index (χ3v) is 4.07. The highest BCUT2D eigenvalue weighted by Gasteiger charge is 2.56. The lowest BCUT2D eigenvalue weighted by molar-refractivity contribution is -0.389. The molecule has 0 bridgehead atoms. The van der Waals surface area contributed by atoms with E-state index in [0.29, 0.717) is 0 Å². The maximum Gasteiger partial charge on any atom is 0.424 e. The largest absolute Gasteiger partial charge is 0.463 e. The number of nitro groups is 1. The molecule has 144 valence electrons. The molecule has 27 heavy (non-hydrogen) atoms. The molecule has 8 nitrogen and oxygen atoms in total. The van der Waals surface area contributed by atoms with E-state index in [1.165, 1.54) is 29.7 Å². The Morgan fingerprint density at radius 2 is 2.07 bits per heavy atom. The van der Waals surface area contributed by atoms with Gasteiger partial charge in [0.25, 0.3) is 0 Å². The van der Waals surface area contributed by atoms with Gasteiger partial charge < -0.3 is 25.0 Å². The standard InChI is InChI=1S/C16H15F3N4O4/c1-10-5-6-11(27-10)15(24,16(17,18)19)7-8-20-13-14(23(25)26)22-9-3-2-4-12(22)21-13/h2-6,9,20,24H,7-8H2,1H3. The van der Waals surface area contributed by atoms with E-state index in [1.807, 2.05) is 0 Å². The predicted molar refractivity (Wildman–Crippen MR) is 88.3 cm³/mol. The average molecular weight is 384 g/mol. The molecular formula is C16H15F3N4O4. The van der Waals surface area contributed by atoms with Crippen LogP contribution < -0.4 is 5.32 Å². The van der Waals surface area contributed by atoms with E-state index in [-0.39, 0.29) is 17.2 Å². The fourth-order valence-electron chi connectivity index (χ4n) is 2.70. The van der Waals surface area contributed by atoms with Gasteiger partial charge in [-0.3, -0.25) is 0 Å². The van der Waals surface area contributed by atoms with E-state index in [0.717, 1.165) is 6.07 Å². The molecule has 0 spiro atoms. The topological polar surface area (TPSA) is 106 Å². The van der Waals surface area contributed by atoms with Gasteiger partial charge >= 0.3 is 12.0 Å². The first-order valence-corrected chi connectivity index (χ1v) is 7.85. The number of nitrogens with zero attached hydrogens (tertiary/aromatic N) is 3. The number of halogens is 3. The summed E-state index contributed by atoms with van der Waals surface area (Å²) in [4.78, 5) is 14.6. The Kier molecular flexibility index (Phi) is 4.56. The zero-order valence-corrected chi connectivity index (χ0v) is 14.0. The maximum absolute atomic E-state index is 13.4. The number of anilines is 1. The lowest BCUT2D eigenvalue weighted by atomic mass is 9.96. The number of furan rings is 1. The lowest BCUT2D eigenvalue weighted by Crippen LogP contribution is -2.43. The molecule has 3 rings (SSSR count). The molecule has 0 saturated carbocycles. The second-order valence-corrected chi connectivity index (χ2v) is 5.92. The van der Waals surface area contributed by atoms with E-state index >= 15 is 0 Å². The van der Waals surface area contributed by atoms with Gasteiger partial charge in [0.2, 0.25) is 17.1 Å². The normalized spacial score (nSPS) is 14.3. The number of hydrogen-bond acceptors (Lipinski definition) is 6. The summed E-state index contributed by atoms with van der Waals surface area (Å²) in [5, 5.41) is 24.0. The Balaban J connectivity index is 1.85. The third kappa shape index (κ3) is 3.33. The van der Waals surface area contributed by atoms with Crippen molar-refractivity contribution in [1.82, 2.24) is 9.38 Å². The summed E-state index contributed by atoms with van der Waals surface area (Å²) < 4.78 is 46.5. The summed E-state index contributed by atoms with van der Waals surface area (Å²) in [6.07, 6.45) is -4.40. The molecule has 0 fully saturated rings. The highest BCUT2D eigenvalue weighted by Crippen LogP contribution is 2.42. The molecule has 3 heterocycles. The van der Waals surface area contributed by atoms with Gasteiger partial charge in [-0.2, -0.15) is 22.6 Å². The second-order valence-electron chi connectivity index (χ2n) is 5.92. The molecule has 1 atom stereocenters. The maximum atomic E-state index is 13.4. The summed E-state index contributed by atoms with van der Waals surface area (Å²) >= 11 is 0. The number of pyridine rings is 1. The van der Waals surface area contributed by atoms with Crippen LogP contribution in [0.25, 0.3) is 5.65 Å². The first-order valence-electron chi connectivity index (χ1n) is 7.85. The molecule has 0 amide bonds. The molecule has 0 aliphatic carbocycles. The third-order valence-electron chi connectivity index (χ3n) is 4.07. The Labute approximate surface area is 150 Å². The van der Waals surface area contributed by atoms with Crippen LogP contribution in [0, 0.1) is 17.0 Å². The highest BCUT2D eigenvalue weighted by atomic mass is 19.4. The summed E-state index contributed by atoms with van der Waals surface area (Å²) in [5.41, 5.74) is -2.97. The van der Waals surface area contributed by atoms with Gasteiger partial charge in [-0.15, -0.1) is 0 Å². The van der Waals surface area contributed by atoms with Gasteiger partial charge in [0.1, 0.15) is 11.5 Å². The number of nitrogens with one attached hydrogen (secondary N) is 1. The molecule has 2 N–H and O–H groups in total. The number of alkyl halides is 3. The van der Waals surface area contributed by atoms with E-state index < -0.39 is 41.2 Å². The number of hydrogen-bond donors (Lipinski definition) is 2. The van der Waals surface area contributed by atoms with E-state index in [2.05, 4.69) is 10.3 Å². The minimum atomic E-state index is -5.00.